The van der Waals surface area contributed by atoms with Gasteiger partial charge in [0.05, 0.1) is 29.8 Å². The van der Waals surface area contributed by atoms with E-state index in [1.165, 1.54) is 43.5 Å². The van der Waals surface area contributed by atoms with Crippen molar-refractivity contribution in [1.29, 1.82) is 5.26 Å². The molecule has 3 aromatic rings. The minimum Gasteiger partial charge on any atom is -0.465 e. The normalized spacial score (nSPS) is 22.0. The van der Waals surface area contributed by atoms with Gasteiger partial charge < -0.3 is 15.4 Å². The monoisotopic (exact) mass is 613 g/mol. The van der Waals surface area contributed by atoms with E-state index in [9.17, 15) is 14.9 Å². The molecule has 0 saturated carbocycles. The highest BCUT2D eigenvalue weighted by molar-refractivity contribution is 6.31. The SMILES string of the molecule is COC(=O)c1ccc(NC(=O)C2NC(CC(C)(C)C)C(C#N)(c3ccc(Cl)cc3F)C2c2cccc(Cl)c2F)cc1C. The van der Waals surface area contributed by atoms with Gasteiger partial charge in [0.15, 0.2) is 0 Å². The molecule has 1 amide bonds. The molecule has 220 valence electrons. The smallest absolute Gasteiger partial charge is 0.338 e. The fourth-order valence-electron chi connectivity index (χ4n) is 5.86. The second kappa shape index (κ2) is 12.0. The molecule has 2 N–H and O–H groups in total. The van der Waals surface area contributed by atoms with Gasteiger partial charge in [-0.25, -0.2) is 13.6 Å². The quantitative estimate of drug-likeness (QED) is 0.284. The number of nitriles is 1. The summed E-state index contributed by atoms with van der Waals surface area (Å²) < 4.78 is 36.3. The molecule has 42 heavy (non-hydrogen) atoms. The van der Waals surface area contributed by atoms with E-state index >= 15 is 8.78 Å². The first kappa shape index (κ1) is 31.4. The molecule has 4 rings (SSSR count). The zero-order valence-electron chi connectivity index (χ0n) is 23.8. The minimum atomic E-state index is -1.74. The van der Waals surface area contributed by atoms with Gasteiger partial charge in [-0.1, -0.05) is 62.2 Å². The molecule has 0 aliphatic carbocycles. The summed E-state index contributed by atoms with van der Waals surface area (Å²) in [4.78, 5) is 26.1. The van der Waals surface area contributed by atoms with Crippen molar-refractivity contribution in [3.8, 4) is 6.07 Å². The number of hydrogen-bond donors (Lipinski definition) is 2. The van der Waals surface area contributed by atoms with Crippen molar-refractivity contribution in [1.82, 2.24) is 5.32 Å². The van der Waals surface area contributed by atoms with Crippen molar-refractivity contribution in [3.05, 3.63) is 98.5 Å². The molecule has 1 aliphatic rings. The summed E-state index contributed by atoms with van der Waals surface area (Å²) in [5.41, 5.74) is -0.838. The number of carbonyl (C=O) groups excluding carboxylic acids is 2. The molecular formula is C32H31Cl2F2N3O3. The lowest BCUT2D eigenvalue weighted by Crippen LogP contribution is -2.45. The number of anilines is 1. The number of benzene rings is 3. The van der Waals surface area contributed by atoms with Crippen LogP contribution in [0.25, 0.3) is 0 Å². The summed E-state index contributed by atoms with van der Waals surface area (Å²) in [5, 5.41) is 17.0. The number of methoxy groups -OCH3 is 1. The van der Waals surface area contributed by atoms with Crippen LogP contribution in [-0.2, 0) is 14.9 Å². The Kier molecular flexibility index (Phi) is 8.98. The Bertz CT molecular complexity index is 1580. The average Bonchev–Trinajstić information content (AvgIpc) is 3.23. The number of aryl methyl sites for hydroxylation is 1. The Morgan fingerprint density at radius 1 is 1.12 bits per heavy atom. The minimum absolute atomic E-state index is 0.000297. The molecule has 10 heteroatoms. The first-order valence-corrected chi connectivity index (χ1v) is 14.1. The lowest BCUT2D eigenvalue weighted by molar-refractivity contribution is -0.118. The standard InChI is InChI=1S/C32H31Cl2F2N3O3/c1-17-13-19(10-11-20(17)30(41)42-5)38-29(40)28-26(21-7-6-8-23(34)27(21)36)32(16-37,25(39-28)15-31(2,3)4)22-12-9-18(33)14-24(22)35/h6-14,25-26,28,39H,15H2,1-5H3,(H,38,40). The van der Waals surface area contributed by atoms with E-state index in [1.807, 2.05) is 20.8 Å². The Hall–Kier alpha value is -3.51. The molecule has 1 saturated heterocycles. The fourth-order valence-corrected chi connectivity index (χ4v) is 6.20. The largest absolute Gasteiger partial charge is 0.465 e. The van der Waals surface area contributed by atoms with Crippen molar-refractivity contribution >= 4 is 40.8 Å². The lowest BCUT2D eigenvalue weighted by Gasteiger charge is -2.37. The van der Waals surface area contributed by atoms with Crippen LogP contribution < -0.4 is 10.6 Å². The number of rotatable bonds is 6. The van der Waals surface area contributed by atoms with Gasteiger partial charge in [0.1, 0.15) is 17.0 Å². The second-order valence-corrected chi connectivity index (χ2v) is 12.5. The van der Waals surface area contributed by atoms with Gasteiger partial charge in [0.25, 0.3) is 0 Å². The summed E-state index contributed by atoms with van der Waals surface area (Å²) >= 11 is 12.3. The van der Waals surface area contributed by atoms with Crippen LogP contribution in [0.2, 0.25) is 10.0 Å². The van der Waals surface area contributed by atoms with Gasteiger partial charge in [-0.15, -0.1) is 0 Å². The Labute approximate surface area is 254 Å². The highest BCUT2D eigenvalue weighted by atomic mass is 35.5. The van der Waals surface area contributed by atoms with Crippen LogP contribution in [-0.4, -0.2) is 31.1 Å². The zero-order valence-corrected chi connectivity index (χ0v) is 25.3. The molecule has 4 atom stereocenters. The fraction of sp³-hybridized carbons (Fsp3) is 0.344. The van der Waals surface area contributed by atoms with E-state index in [4.69, 9.17) is 27.9 Å². The topological polar surface area (TPSA) is 91.2 Å². The molecule has 3 aromatic carbocycles. The van der Waals surface area contributed by atoms with Gasteiger partial charge in [0.2, 0.25) is 5.91 Å². The summed E-state index contributed by atoms with van der Waals surface area (Å²) in [6.45, 7) is 7.58. The van der Waals surface area contributed by atoms with Crippen LogP contribution >= 0.6 is 23.2 Å². The first-order valence-electron chi connectivity index (χ1n) is 13.3. The van der Waals surface area contributed by atoms with Crippen molar-refractivity contribution in [2.75, 3.05) is 12.4 Å². The number of amides is 1. The molecule has 0 radical (unpaired) electrons. The van der Waals surface area contributed by atoms with Crippen LogP contribution in [0.5, 0.6) is 0 Å². The molecule has 1 fully saturated rings. The highest BCUT2D eigenvalue weighted by Gasteiger charge is 2.61. The van der Waals surface area contributed by atoms with Gasteiger partial charge in [-0.2, -0.15) is 5.26 Å². The molecule has 4 unspecified atom stereocenters. The summed E-state index contributed by atoms with van der Waals surface area (Å²) in [6.07, 6.45) is 0.345. The van der Waals surface area contributed by atoms with Crippen LogP contribution in [0.1, 0.15) is 60.2 Å². The van der Waals surface area contributed by atoms with Gasteiger partial charge in [-0.3, -0.25) is 4.79 Å². The van der Waals surface area contributed by atoms with Crippen LogP contribution in [0.15, 0.2) is 54.6 Å². The third-order valence-corrected chi connectivity index (χ3v) is 8.16. The highest BCUT2D eigenvalue weighted by Crippen LogP contribution is 2.52. The maximum absolute atomic E-state index is 15.8. The van der Waals surface area contributed by atoms with E-state index in [2.05, 4.69) is 16.7 Å². The average molecular weight is 615 g/mol. The third kappa shape index (κ3) is 5.87. The number of halogens is 4. The van der Waals surface area contributed by atoms with Gasteiger partial charge >= 0.3 is 5.97 Å². The Balaban J connectivity index is 1.91. The number of carbonyl (C=O) groups is 2. The zero-order chi connectivity index (χ0) is 31.0. The second-order valence-electron chi connectivity index (χ2n) is 11.7. The first-order chi connectivity index (χ1) is 19.7. The molecular weight excluding hydrogens is 583 g/mol. The van der Waals surface area contributed by atoms with Gasteiger partial charge in [-0.05, 0) is 66.3 Å². The van der Waals surface area contributed by atoms with E-state index in [1.54, 1.807) is 19.1 Å². The van der Waals surface area contributed by atoms with E-state index in [0.29, 0.717) is 23.2 Å². The molecule has 1 heterocycles. The summed E-state index contributed by atoms with van der Waals surface area (Å²) in [5.74, 6) is -3.83. The number of esters is 1. The number of nitrogens with zero attached hydrogens (tertiary/aromatic N) is 1. The molecule has 0 aromatic heterocycles. The molecule has 0 spiro atoms. The number of hydrogen-bond acceptors (Lipinski definition) is 5. The van der Waals surface area contributed by atoms with E-state index in [0.717, 1.165) is 6.07 Å². The van der Waals surface area contributed by atoms with Crippen molar-refractivity contribution in [2.45, 2.75) is 57.5 Å². The number of nitrogens with one attached hydrogen (secondary N) is 2. The van der Waals surface area contributed by atoms with E-state index in [-0.39, 0.29) is 26.6 Å². The summed E-state index contributed by atoms with van der Waals surface area (Å²) in [7, 11) is 1.28. The van der Waals surface area contributed by atoms with E-state index < -0.39 is 46.9 Å². The molecule has 1 aliphatic heterocycles. The van der Waals surface area contributed by atoms with Crippen molar-refractivity contribution < 1.29 is 23.1 Å². The summed E-state index contributed by atoms with van der Waals surface area (Å²) in [6, 6.07) is 13.4. The maximum Gasteiger partial charge on any atom is 0.338 e. The van der Waals surface area contributed by atoms with Crippen LogP contribution in [0.4, 0.5) is 14.5 Å². The van der Waals surface area contributed by atoms with Crippen molar-refractivity contribution in [2.24, 2.45) is 5.41 Å². The third-order valence-electron chi connectivity index (χ3n) is 7.63. The van der Waals surface area contributed by atoms with Crippen LogP contribution in [0.3, 0.4) is 0 Å². The lowest BCUT2D eigenvalue weighted by atomic mass is 9.62. The van der Waals surface area contributed by atoms with Crippen LogP contribution in [0, 0.1) is 35.3 Å². The maximum atomic E-state index is 15.8. The molecule has 0 bridgehead atoms. The molecule has 6 nitrogen and oxygen atoms in total. The Morgan fingerprint density at radius 3 is 2.43 bits per heavy atom. The predicted octanol–water partition coefficient (Wildman–Crippen LogP) is 7.33. The number of ether oxygens (including phenoxy) is 1. The Morgan fingerprint density at radius 2 is 1.83 bits per heavy atom. The predicted molar refractivity (Wildman–Crippen MR) is 159 cm³/mol. The van der Waals surface area contributed by atoms with Crippen molar-refractivity contribution in [3.63, 3.8) is 0 Å². The van der Waals surface area contributed by atoms with Gasteiger partial charge in [0, 0.05) is 28.2 Å².